The number of morpholine rings is 1. The van der Waals surface area contributed by atoms with Crippen LogP contribution in [0, 0.1) is 17.8 Å². The quantitative estimate of drug-likeness (QED) is 0.808. The predicted octanol–water partition coefficient (Wildman–Crippen LogP) is 3.49. The van der Waals surface area contributed by atoms with Gasteiger partial charge in [-0.1, -0.05) is 11.3 Å². The van der Waals surface area contributed by atoms with Crippen molar-refractivity contribution >= 4 is 28.2 Å². The molecule has 0 atom stereocenters. The number of carbonyl (C=O) groups excluding carboxylic acids is 1. The van der Waals surface area contributed by atoms with Gasteiger partial charge in [0.25, 0.3) is 5.91 Å². The van der Waals surface area contributed by atoms with Gasteiger partial charge in [-0.05, 0) is 68.4 Å². The van der Waals surface area contributed by atoms with E-state index in [9.17, 15) is 4.79 Å². The van der Waals surface area contributed by atoms with Crippen LogP contribution in [-0.4, -0.2) is 47.4 Å². The van der Waals surface area contributed by atoms with Crippen LogP contribution in [-0.2, 0) is 10.2 Å². The number of rotatable bonds is 4. The molecule has 7 nitrogen and oxygen atoms in total. The highest BCUT2D eigenvalue weighted by atomic mass is 32.1. The summed E-state index contributed by atoms with van der Waals surface area (Å²) in [5.74, 6) is 3.14. The molecule has 4 bridgehead atoms. The van der Waals surface area contributed by atoms with Crippen molar-refractivity contribution in [1.29, 1.82) is 0 Å². The summed E-state index contributed by atoms with van der Waals surface area (Å²) in [6, 6.07) is 3.63. The molecule has 7 rings (SSSR count). The van der Waals surface area contributed by atoms with Crippen LogP contribution in [0.1, 0.15) is 53.9 Å². The first kappa shape index (κ1) is 18.7. The number of hydrogen-bond donors (Lipinski definition) is 1. The smallest absolute Gasteiger partial charge is 0.261 e. The van der Waals surface area contributed by atoms with Gasteiger partial charge in [0, 0.05) is 24.7 Å². The normalized spacial score (nSPS) is 32.4. The predicted molar refractivity (Wildman–Crippen MR) is 115 cm³/mol. The molecule has 1 N–H and O–H groups in total. The number of aromatic nitrogens is 3. The maximum absolute atomic E-state index is 13.1. The lowest BCUT2D eigenvalue weighted by Crippen LogP contribution is -2.48. The van der Waals surface area contributed by atoms with Gasteiger partial charge in [0.1, 0.15) is 10.8 Å². The van der Waals surface area contributed by atoms with Crippen LogP contribution in [0.2, 0.25) is 0 Å². The summed E-state index contributed by atoms with van der Waals surface area (Å²) in [6.07, 6.45) is 9.73. The van der Waals surface area contributed by atoms with Gasteiger partial charge in [0.2, 0.25) is 5.13 Å². The van der Waals surface area contributed by atoms with Crippen LogP contribution in [0.4, 0.5) is 10.9 Å². The standard InChI is InChI=1S/C22H27N5O2S/c28-19(17-2-1-3-23-18(17)27-4-6-29-7-5-27)24-21-26-25-20(30-21)22-11-14-8-15(12-22)10-16(9-14)13-22/h1-3,14-16H,4-13H2,(H,24,26,28). The number of nitrogens with one attached hydrogen (secondary N) is 1. The highest BCUT2D eigenvalue weighted by molar-refractivity contribution is 7.15. The van der Waals surface area contributed by atoms with Crippen LogP contribution < -0.4 is 10.2 Å². The Bertz CT molecular complexity index is 919. The minimum Gasteiger partial charge on any atom is -0.378 e. The van der Waals surface area contributed by atoms with E-state index in [1.165, 1.54) is 38.5 Å². The van der Waals surface area contributed by atoms with Gasteiger partial charge < -0.3 is 9.64 Å². The summed E-state index contributed by atoms with van der Waals surface area (Å²) >= 11 is 1.58. The molecule has 2 aromatic rings. The molecule has 2 aromatic heterocycles. The molecule has 3 heterocycles. The molecule has 4 saturated carbocycles. The van der Waals surface area contributed by atoms with Gasteiger partial charge in [-0.3, -0.25) is 10.1 Å². The Balaban J connectivity index is 1.21. The zero-order valence-corrected chi connectivity index (χ0v) is 17.9. The summed E-state index contributed by atoms with van der Waals surface area (Å²) < 4.78 is 5.43. The Morgan fingerprint density at radius 3 is 2.50 bits per heavy atom. The maximum Gasteiger partial charge on any atom is 0.261 e. The topological polar surface area (TPSA) is 80.2 Å². The summed E-state index contributed by atoms with van der Waals surface area (Å²) in [6.45, 7) is 2.80. The first-order chi connectivity index (χ1) is 14.7. The van der Waals surface area contributed by atoms with E-state index in [0.29, 0.717) is 29.7 Å². The van der Waals surface area contributed by atoms with Crippen molar-refractivity contribution in [2.24, 2.45) is 17.8 Å². The third-order valence-electron chi connectivity index (χ3n) is 7.48. The first-order valence-electron chi connectivity index (χ1n) is 11.1. The molecule has 0 unspecified atom stereocenters. The van der Waals surface area contributed by atoms with Gasteiger partial charge in [0.15, 0.2) is 0 Å². The summed E-state index contributed by atoms with van der Waals surface area (Å²) in [5, 5.41) is 13.7. The average molecular weight is 426 g/mol. The maximum atomic E-state index is 13.1. The van der Waals surface area contributed by atoms with Gasteiger partial charge in [0.05, 0.1) is 18.8 Å². The van der Waals surface area contributed by atoms with Crippen molar-refractivity contribution in [2.75, 3.05) is 36.5 Å². The van der Waals surface area contributed by atoms with E-state index >= 15 is 0 Å². The van der Waals surface area contributed by atoms with E-state index in [2.05, 4.69) is 25.4 Å². The molecular weight excluding hydrogens is 398 g/mol. The second-order valence-electron chi connectivity index (χ2n) is 9.54. The highest BCUT2D eigenvalue weighted by Gasteiger charge is 2.53. The lowest BCUT2D eigenvalue weighted by molar-refractivity contribution is -0.00555. The molecule has 158 valence electrons. The van der Waals surface area contributed by atoms with E-state index in [1.807, 2.05) is 6.07 Å². The Hall–Kier alpha value is -2.06. The second-order valence-corrected chi connectivity index (χ2v) is 10.5. The average Bonchev–Trinajstić information content (AvgIpc) is 3.23. The molecule has 5 fully saturated rings. The van der Waals surface area contributed by atoms with Crippen LogP contribution in [0.15, 0.2) is 18.3 Å². The lowest BCUT2D eigenvalue weighted by Gasteiger charge is -2.55. The minimum atomic E-state index is -0.169. The minimum absolute atomic E-state index is 0.169. The molecule has 0 radical (unpaired) electrons. The molecular formula is C22H27N5O2S. The van der Waals surface area contributed by atoms with Gasteiger partial charge in [-0.15, -0.1) is 10.2 Å². The van der Waals surface area contributed by atoms with Crippen LogP contribution >= 0.6 is 11.3 Å². The highest BCUT2D eigenvalue weighted by Crippen LogP contribution is 2.61. The molecule has 4 aliphatic carbocycles. The fraction of sp³-hybridized carbons (Fsp3) is 0.636. The van der Waals surface area contributed by atoms with Crippen molar-refractivity contribution in [3.05, 3.63) is 28.9 Å². The number of nitrogens with zero attached hydrogens (tertiary/aromatic N) is 4. The van der Waals surface area contributed by atoms with Crippen molar-refractivity contribution in [1.82, 2.24) is 15.2 Å². The Labute approximate surface area is 180 Å². The lowest BCUT2D eigenvalue weighted by atomic mass is 9.50. The Morgan fingerprint density at radius 2 is 1.80 bits per heavy atom. The fourth-order valence-corrected chi connectivity index (χ4v) is 7.58. The van der Waals surface area contributed by atoms with Crippen LogP contribution in [0.5, 0.6) is 0 Å². The van der Waals surface area contributed by atoms with Gasteiger partial charge in [-0.25, -0.2) is 4.98 Å². The molecule has 8 heteroatoms. The summed E-state index contributed by atoms with van der Waals surface area (Å²) in [7, 11) is 0. The van der Waals surface area contributed by atoms with E-state index < -0.39 is 0 Å². The zero-order chi connectivity index (χ0) is 20.1. The molecule has 1 aliphatic heterocycles. The number of carbonyl (C=O) groups is 1. The van der Waals surface area contributed by atoms with E-state index in [-0.39, 0.29) is 11.3 Å². The van der Waals surface area contributed by atoms with Crippen molar-refractivity contribution < 1.29 is 9.53 Å². The zero-order valence-electron chi connectivity index (χ0n) is 17.0. The van der Waals surface area contributed by atoms with Gasteiger partial charge >= 0.3 is 0 Å². The molecule has 0 aromatic carbocycles. The van der Waals surface area contributed by atoms with Crippen molar-refractivity contribution in [2.45, 2.75) is 43.9 Å². The molecule has 1 amide bonds. The Kier molecular flexibility index (Phi) is 4.53. The molecule has 1 saturated heterocycles. The summed E-state index contributed by atoms with van der Waals surface area (Å²) in [5.41, 5.74) is 0.786. The number of pyridine rings is 1. The SMILES string of the molecule is O=C(Nc1nnc(C23CC4CC(CC(C4)C2)C3)s1)c1cccnc1N1CCOCC1. The second kappa shape index (κ2) is 7.27. The van der Waals surface area contributed by atoms with Crippen molar-refractivity contribution in [3.8, 4) is 0 Å². The van der Waals surface area contributed by atoms with E-state index in [4.69, 9.17) is 4.74 Å². The first-order valence-corrected chi connectivity index (χ1v) is 11.9. The van der Waals surface area contributed by atoms with Crippen LogP contribution in [0.25, 0.3) is 0 Å². The third kappa shape index (κ3) is 3.21. The monoisotopic (exact) mass is 425 g/mol. The molecule has 30 heavy (non-hydrogen) atoms. The van der Waals surface area contributed by atoms with Crippen molar-refractivity contribution in [3.63, 3.8) is 0 Å². The van der Waals surface area contributed by atoms with E-state index in [0.717, 1.165) is 35.9 Å². The summed E-state index contributed by atoms with van der Waals surface area (Å²) in [4.78, 5) is 19.6. The Morgan fingerprint density at radius 1 is 1.10 bits per heavy atom. The number of hydrogen-bond acceptors (Lipinski definition) is 7. The fourth-order valence-electron chi connectivity index (χ4n) is 6.63. The third-order valence-corrected chi connectivity index (χ3v) is 8.56. The van der Waals surface area contributed by atoms with Gasteiger partial charge in [-0.2, -0.15) is 0 Å². The molecule has 5 aliphatic rings. The number of ether oxygens (including phenoxy) is 1. The van der Waals surface area contributed by atoms with E-state index in [1.54, 1.807) is 23.6 Å². The largest absolute Gasteiger partial charge is 0.378 e. The number of anilines is 2. The van der Waals surface area contributed by atoms with Crippen LogP contribution in [0.3, 0.4) is 0 Å². The number of amides is 1. The molecule has 0 spiro atoms.